The third kappa shape index (κ3) is 4.22. The molecule has 0 aromatic heterocycles. The molecule has 5 N–H and O–H groups in total. The van der Waals surface area contributed by atoms with E-state index < -0.39 is 17.8 Å². The highest BCUT2D eigenvalue weighted by Crippen LogP contribution is 2.19. The number of nitrogen functional groups attached to an aromatic ring is 1. The van der Waals surface area contributed by atoms with Gasteiger partial charge in [-0.2, -0.15) is 0 Å². The number of rotatable bonds is 5. The summed E-state index contributed by atoms with van der Waals surface area (Å²) in [6.45, 7) is 1.59. The summed E-state index contributed by atoms with van der Waals surface area (Å²) in [5.74, 6) is -1.36. The van der Waals surface area contributed by atoms with Gasteiger partial charge in [-0.1, -0.05) is 0 Å². The molecule has 1 atom stereocenters. The largest absolute Gasteiger partial charge is 0.397 e. The molecular weight excluding hydrogens is 251 g/mol. The molecule has 7 heteroatoms. The third-order valence-corrected chi connectivity index (χ3v) is 2.72. The standard InChI is InChI=1S/C12H17FN4O2/c1-7(17(2)6-11(15)18)12(19)16-10-4-3-8(13)5-9(10)14/h3-5,7H,6,14H2,1-2H3,(H2,15,18)(H,16,19). The Balaban J connectivity index is 2.71. The Morgan fingerprint density at radius 2 is 2.11 bits per heavy atom. The second-order valence-corrected chi connectivity index (χ2v) is 4.28. The van der Waals surface area contributed by atoms with Gasteiger partial charge in [-0.15, -0.1) is 0 Å². The Morgan fingerprint density at radius 1 is 1.47 bits per heavy atom. The van der Waals surface area contributed by atoms with Gasteiger partial charge in [0.1, 0.15) is 5.82 Å². The van der Waals surface area contributed by atoms with Crippen molar-refractivity contribution in [2.45, 2.75) is 13.0 Å². The number of carbonyl (C=O) groups is 2. The normalized spacial score (nSPS) is 12.2. The maximum Gasteiger partial charge on any atom is 0.241 e. The van der Waals surface area contributed by atoms with Gasteiger partial charge >= 0.3 is 0 Å². The summed E-state index contributed by atoms with van der Waals surface area (Å²) < 4.78 is 12.9. The van der Waals surface area contributed by atoms with Gasteiger partial charge in [0.05, 0.1) is 24.0 Å². The molecule has 0 bridgehead atoms. The monoisotopic (exact) mass is 268 g/mol. The van der Waals surface area contributed by atoms with E-state index >= 15 is 0 Å². The van der Waals surface area contributed by atoms with Crippen LogP contribution in [-0.4, -0.2) is 36.3 Å². The second-order valence-electron chi connectivity index (χ2n) is 4.28. The number of nitrogens with two attached hydrogens (primary N) is 2. The van der Waals surface area contributed by atoms with Gasteiger partial charge in [0.2, 0.25) is 11.8 Å². The maximum absolute atomic E-state index is 12.9. The van der Waals surface area contributed by atoms with Crippen LogP contribution in [-0.2, 0) is 9.59 Å². The van der Waals surface area contributed by atoms with Crippen LogP contribution in [0.25, 0.3) is 0 Å². The zero-order chi connectivity index (χ0) is 14.6. The van der Waals surface area contributed by atoms with Crippen molar-refractivity contribution in [1.82, 2.24) is 4.90 Å². The fraction of sp³-hybridized carbons (Fsp3) is 0.333. The fourth-order valence-corrected chi connectivity index (χ4v) is 1.47. The van der Waals surface area contributed by atoms with Crippen LogP contribution in [0.15, 0.2) is 18.2 Å². The summed E-state index contributed by atoms with van der Waals surface area (Å²) in [5.41, 5.74) is 11.1. The number of benzene rings is 1. The maximum atomic E-state index is 12.9. The van der Waals surface area contributed by atoms with Crippen molar-refractivity contribution in [1.29, 1.82) is 0 Å². The molecule has 0 saturated carbocycles. The average molecular weight is 268 g/mol. The summed E-state index contributed by atoms with van der Waals surface area (Å²) in [7, 11) is 1.60. The van der Waals surface area contributed by atoms with E-state index in [4.69, 9.17) is 11.5 Å². The minimum Gasteiger partial charge on any atom is -0.397 e. The minimum absolute atomic E-state index is 0.0342. The molecule has 2 amide bonds. The lowest BCUT2D eigenvalue weighted by Gasteiger charge is -2.22. The number of halogens is 1. The van der Waals surface area contributed by atoms with Gasteiger partial charge in [-0.25, -0.2) is 4.39 Å². The lowest BCUT2D eigenvalue weighted by Crippen LogP contribution is -2.43. The van der Waals surface area contributed by atoms with Gasteiger partial charge in [0.25, 0.3) is 0 Å². The average Bonchev–Trinajstić information content (AvgIpc) is 2.30. The number of nitrogens with one attached hydrogen (secondary N) is 1. The molecule has 0 spiro atoms. The van der Waals surface area contributed by atoms with Crippen LogP contribution in [0.5, 0.6) is 0 Å². The molecule has 1 aromatic carbocycles. The number of primary amides is 1. The van der Waals surface area contributed by atoms with Crippen molar-refractivity contribution < 1.29 is 14.0 Å². The lowest BCUT2D eigenvalue weighted by molar-refractivity contribution is -0.123. The number of hydrogen-bond acceptors (Lipinski definition) is 4. The third-order valence-electron chi connectivity index (χ3n) is 2.72. The minimum atomic E-state index is -0.572. The van der Waals surface area contributed by atoms with E-state index in [0.717, 1.165) is 6.07 Å². The van der Waals surface area contributed by atoms with Gasteiger partial charge < -0.3 is 16.8 Å². The molecule has 0 aliphatic rings. The first-order valence-corrected chi connectivity index (χ1v) is 5.65. The summed E-state index contributed by atoms with van der Waals surface area (Å²) in [6.07, 6.45) is 0. The molecule has 0 saturated heterocycles. The second kappa shape index (κ2) is 6.14. The van der Waals surface area contributed by atoms with Crippen LogP contribution in [0.1, 0.15) is 6.92 Å². The first-order chi connectivity index (χ1) is 8.81. The zero-order valence-corrected chi connectivity index (χ0v) is 10.8. The molecule has 1 aromatic rings. The molecule has 6 nitrogen and oxygen atoms in total. The molecule has 0 fully saturated rings. The predicted octanol–water partition coefficient (Wildman–Crippen LogP) is 0.152. The van der Waals surface area contributed by atoms with E-state index in [0.29, 0.717) is 5.69 Å². The van der Waals surface area contributed by atoms with Gasteiger partial charge in [-0.05, 0) is 32.2 Å². The molecular formula is C12H17FN4O2. The lowest BCUT2D eigenvalue weighted by atomic mass is 10.2. The summed E-state index contributed by atoms with van der Waals surface area (Å²) in [4.78, 5) is 24.2. The van der Waals surface area contributed by atoms with Gasteiger partial charge in [0.15, 0.2) is 0 Å². The molecule has 1 rings (SSSR count). The highest BCUT2D eigenvalue weighted by atomic mass is 19.1. The molecule has 104 valence electrons. The van der Waals surface area contributed by atoms with Crippen LogP contribution < -0.4 is 16.8 Å². The molecule has 0 aliphatic heterocycles. The number of likely N-dealkylation sites (N-methyl/N-ethyl adjacent to an activating group) is 1. The Labute approximate surface area is 110 Å². The van der Waals surface area contributed by atoms with E-state index in [-0.39, 0.29) is 18.1 Å². The van der Waals surface area contributed by atoms with Crippen LogP contribution in [0.2, 0.25) is 0 Å². The Morgan fingerprint density at radius 3 is 2.63 bits per heavy atom. The molecule has 0 heterocycles. The first-order valence-electron chi connectivity index (χ1n) is 5.65. The van der Waals surface area contributed by atoms with Crippen molar-refractivity contribution in [3.05, 3.63) is 24.0 Å². The smallest absolute Gasteiger partial charge is 0.241 e. The van der Waals surface area contributed by atoms with Crippen molar-refractivity contribution in [3.63, 3.8) is 0 Å². The van der Waals surface area contributed by atoms with E-state index in [1.165, 1.54) is 17.0 Å². The van der Waals surface area contributed by atoms with Crippen LogP contribution in [0.3, 0.4) is 0 Å². The summed E-state index contributed by atoms with van der Waals surface area (Å²) >= 11 is 0. The SMILES string of the molecule is CC(C(=O)Nc1ccc(F)cc1N)N(C)CC(N)=O. The molecule has 1 unspecified atom stereocenters. The summed E-state index contributed by atoms with van der Waals surface area (Å²) in [5, 5.41) is 2.57. The van der Waals surface area contributed by atoms with E-state index in [9.17, 15) is 14.0 Å². The van der Waals surface area contributed by atoms with Crippen LogP contribution in [0.4, 0.5) is 15.8 Å². The van der Waals surface area contributed by atoms with Crippen LogP contribution >= 0.6 is 0 Å². The topological polar surface area (TPSA) is 101 Å². The van der Waals surface area contributed by atoms with E-state index in [2.05, 4.69) is 5.32 Å². The molecule has 19 heavy (non-hydrogen) atoms. The molecule has 0 radical (unpaired) electrons. The highest BCUT2D eigenvalue weighted by molar-refractivity contribution is 5.97. The molecule has 0 aliphatic carbocycles. The number of hydrogen-bond donors (Lipinski definition) is 3. The summed E-state index contributed by atoms with van der Waals surface area (Å²) in [6, 6.07) is 3.12. The quantitative estimate of drug-likeness (QED) is 0.662. The Bertz CT molecular complexity index is 493. The number of nitrogens with zero attached hydrogens (tertiary/aromatic N) is 1. The zero-order valence-electron chi connectivity index (χ0n) is 10.8. The highest BCUT2D eigenvalue weighted by Gasteiger charge is 2.19. The number of amides is 2. The van der Waals surface area contributed by atoms with Gasteiger partial charge in [-0.3, -0.25) is 14.5 Å². The Kier molecular flexibility index (Phi) is 4.82. The predicted molar refractivity (Wildman–Crippen MR) is 70.7 cm³/mol. The van der Waals surface area contributed by atoms with Crippen LogP contribution in [0, 0.1) is 5.82 Å². The van der Waals surface area contributed by atoms with Crippen molar-refractivity contribution in [3.8, 4) is 0 Å². The van der Waals surface area contributed by atoms with E-state index in [1.54, 1.807) is 14.0 Å². The fourth-order valence-electron chi connectivity index (χ4n) is 1.47. The van der Waals surface area contributed by atoms with Crippen molar-refractivity contribution in [2.75, 3.05) is 24.6 Å². The number of carbonyl (C=O) groups excluding carboxylic acids is 2. The van der Waals surface area contributed by atoms with Gasteiger partial charge in [0, 0.05) is 0 Å². The Hall–Kier alpha value is -2.15. The van der Waals surface area contributed by atoms with E-state index in [1.807, 2.05) is 0 Å². The van der Waals surface area contributed by atoms with Crippen molar-refractivity contribution >= 4 is 23.2 Å². The first kappa shape index (κ1) is 14.9. The number of anilines is 2. The van der Waals surface area contributed by atoms with Crippen molar-refractivity contribution in [2.24, 2.45) is 5.73 Å².